The van der Waals surface area contributed by atoms with E-state index in [2.05, 4.69) is 34.5 Å². The molecule has 1 aliphatic carbocycles. The van der Waals surface area contributed by atoms with Crippen LogP contribution in [0.4, 0.5) is 0 Å². The smallest absolute Gasteiger partial charge is 0.215 e. The van der Waals surface area contributed by atoms with Crippen LogP contribution in [0.15, 0.2) is 64.8 Å². The number of hydrogen-bond donors (Lipinski definition) is 0. The Morgan fingerprint density at radius 1 is 0.923 bits per heavy atom. The van der Waals surface area contributed by atoms with Gasteiger partial charge in [0, 0.05) is 16.7 Å². The molecule has 0 atom stereocenters. The summed E-state index contributed by atoms with van der Waals surface area (Å²) < 4.78 is 1.98. The molecule has 0 unspecified atom stereocenters. The monoisotopic (exact) mass is 359 g/mol. The van der Waals surface area contributed by atoms with E-state index >= 15 is 0 Å². The highest BCUT2D eigenvalue weighted by Crippen LogP contribution is 2.41. The van der Waals surface area contributed by atoms with Crippen LogP contribution >= 0.6 is 11.8 Å². The normalized spacial score (nSPS) is 14.0. The molecule has 4 aromatic rings. The summed E-state index contributed by atoms with van der Waals surface area (Å²) in [5.41, 5.74) is 1.99. The van der Waals surface area contributed by atoms with E-state index in [-0.39, 0.29) is 0 Å². The van der Waals surface area contributed by atoms with Crippen molar-refractivity contribution >= 4 is 22.5 Å². The van der Waals surface area contributed by atoms with Crippen molar-refractivity contribution in [2.75, 3.05) is 0 Å². The lowest BCUT2D eigenvalue weighted by Crippen LogP contribution is -2.01. The largest absolute Gasteiger partial charge is 0.216 e. The Labute approximate surface area is 155 Å². The van der Waals surface area contributed by atoms with Crippen LogP contribution in [-0.2, 0) is 0 Å². The van der Waals surface area contributed by atoms with Crippen LogP contribution in [0.2, 0.25) is 0 Å². The van der Waals surface area contributed by atoms with Gasteiger partial charge in [-0.25, -0.2) is 9.67 Å². The Bertz CT molecular complexity index is 1090. The minimum atomic E-state index is 0.512. The molecule has 5 nitrogen and oxygen atoms in total. The zero-order valence-corrected chi connectivity index (χ0v) is 15.1. The number of para-hydroxylation sites is 1. The van der Waals surface area contributed by atoms with Gasteiger partial charge in [-0.1, -0.05) is 42.5 Å². The van der Waals surface area contributed by atoms with Gasteiger partial charge in [0.1, 0.15) is 10.9 Å². The molecule has 1 saturated carbocycles. The fourth-order valence-corrected chi connectivity index (χ4v) is 3.89. The Morgan fingerprint density at radius 2 is 1.65 bits per heavy atom. The first-order chi connectivity index (χ1) is 12.8. The van der Waals surface area contributed by atoms with Gasteiger partial charge in [-0.2, -0.15) is 5.10 Å². The third kappa shape index (κ3) is 2.76. The highest BCUT2D eigenvalue weighted by molar-refractivity contribution is 7.99. The summed E-state index contributed by atoms with van der Waals surface area (Å²) >= 11 is 1.48. The lowest BCUT2D eigenvalue weighted by molar-refractivity contribution is 0.782. The quantitative estimate of drug-likeness (QED) is 0.535. The molecule has 6 heteroatoms. The Kier molecular flexibility index (Phi) is 3.71. The molecular weight excluding hydrogens is 342 g/mol. The van der Waals surface area contributed by atoms with E-state index < -0.39 is 0 Å². The van der Waals surface area contributed by atoms with Gasteiger partial charge in [-0.3, -0.25) is 0 Å². The second kappa shape index (κ2) is 6.21. The number of rotatable bonds is 4. The predicted octanol–water partition coefficient (Wildman–Crippen LogP) is 4.55. The van der Waals surface area contributed by atoms with Crippen molar-refractivity contribution < 1.29 is 0 Å². The number of benzene rings is 2. The van der Waals surface area contributed by atoms with Crippen molar-refractivity contribution in [3.05, 3.63) is 66.1 Å². The first-order valence-electron chi connectivity index (χ1n) is 8.72. The molecule has 2 aromatic heterocycles. The first-order valence-corrected chi connectivity index (χ1v) is 9.53. The van der Waals surface area contributed by atoms with E-state index in [4.69, 9.17) is 10.1 Å². The standard InChI is InChI=1S/C20H17N5S/c1-13-16-9-5-6-10-17(16)19(23-22-13)26-20-21-18(14-11-12-14)25(24-20)15-7-3-2-4-8-15/h2-10,14H,11-12H2,1H3. The predicted molar refractivity (Wildman–Crippen MR) is 102 cm³/mol. The molecule has 5 rings (SSSR count). The van der Waals surface area contributed by atoms with Crippen LogP contribution in [0.3, 0.4) is 0 Å². The number of aryl methyl sites for hydroxylation is 1. The maximum Gasteiger partial charge on any atom is 0.215 e. The van der Waals surface area contributed by atoms with Crippen LogP contribution in [0, 0.1) is 6.92 Å². The van der Waals surface area contributed by atoms with Crippen LogP contribution in [0.5, 0.6) is 0 Å². The van der Waals surface area contributed by atoms with Crippen molar-refractivity contribution in [2.45, 2.75) is 35.9 Å². The van der Waals surface area contributed by atoms with Crippen LogP contribution < -0.4 is 0 Å². The maximum atomic E-state index is 4.82. The highest BCUT2D eigenvalue weighted by atomic mass is 32.2. The summed E-state index contributed by atoms with van der Waals surface area (Å²) in [4.78, 5) is 4.82. The molecule has 0 aliphatic heterocycles. The second-order valence-electron chi connectivity index (χ2n) is 6.51. The van der Waals surface area contributed by atoms with Crippen molar-refractivity contribution in [1.29, 1.82) is 0 Å². The average molecular weight is 359 g/mol. The minimum absolute atomic E-state index is 0.512. The molecule has 1 aliphatic rings. The molecule has 0 amide bonds. The Hall–Kier alpha value is -2.73. The number of aromatic nitrogens is 5. The molecule has 0 N–H and O–H groups in total. The fraction of sp³-hybridized carbons (Fsp3) is 0.200. The Morgan fingerprint density at radius 3 is 2.42 bits per heavy atom. The third-order valence-electron chi connectivity index (χ3n) is 4.58. The van der Waals surface area contributed by atoms with Crippen molar-refractivity contribution in [3.63, 3.8) is 0 Å². The third-order valence-corrected chi connectivity index (χ3v) is 5.43. The van der Waals surface area contributed by atoms with Gasteiger partial charge in [-0.15, -0.1) is 10.2 Å². The van der Waals surface area contributed by atoms with Gasteiger partial charge in [-0.05, 0) is 43.7 Å². The summed E-state index contributed by atoms with van der Waals surface area (Å²) in [5, 5.41) is 17.2. The summed E-state index contributed by atoms with van der Waals surface area (Å²) in [5.74, 6) is 1.56. The molecule has 26 heavy (non-hydrogen) atoms. The summed E-state index contributed by atoms with van der Waals surface area (Å²) in [7, 11) is 0. The topological polar surface area (TPSA) is 56.5 Å². The Balaban J connectivity index is 1.57. The molecule has 2 aromatic carbocycles. The van der Waals surface area contributed by atoms with Crippen LogP contribution in [-0.4, -0.2) is 25.0 Å². The van der Waals surface area contributed by atoms with Gasteiger partial charge in [0.25, 0.3) is 0 Å². The van der Waals surface area contributed by atoms with E-state index in [1.165, 1.54) is 24.6 Å². The zero-order chi connectivity index (χ0) is 17.5. The second-order valence-corrected chi connectivity index (χ2v) is 7.47. The summed E-state index contributed by atoms with van der Waals surface area (Å²) in [6, 6.07) is 18.4. The average Bonchev–Trinajstić information content (AvgIpc) is 3.45. The fourth-order valence-electron chi connectivity index (χ4n) is 3.09. The van der Waals surface area contributed by atoms with Gasteiger partial charge >= 0.3 is 0 Å². The van der Waals surface area contributed by atoms with E-state index in [1.807, 2.05) is 41.9 Å². The lowest BCUT2D eigenvalue weighted by atomic mass is 10.1. The van der Waals surface area contributed by atoms with E-state index in [9.17, 15) is 0 Å². The van der Waals surface area contributed by atoms with Crippen molar-refractivity contribution in [1.82, 2.24) is 25.0 Å². The number of fused-ring (bicyclic) bond motifs is 1. The molecule has 0 bridgehead atoms. The van der Waals surface area contributed by atoms with Crippen molar-refractivity contribution in [2.24, 2.45) is 0 Å². The molecular formula is C20H17N5S. The molecule has 0 radical (unpaired) electrons. The maximum absolute atomic E-state index is 4.82. The van der Waals surface area contributed by atoms with Gasteiger partial charge in [0.05, 0.1) is 11.4 Å². The van der Waals surface area contributed by atoms with Crippen molar-refractivity contribution in [3.8, 4) is 5.69 Å². The summed E-state index contributed by atoms with van der Waals surface area (Å²) in [6.07, 6.45) is 2.37. The van der Waals surface area contributed by atoms with E-state index in [1.54, 1.807) is 0 Å². The molecule has 0 saturated heterocycles. The molecule has 1 fully saturated rings. The van der Waals surface area contributed by atoms with Gasteiger partial charge < -0.3 is 0 Å². The van der Waals surface area contributed by atoms with Crippen LogP contribution in [0.1, 0.15) is 30.3 Å². The minimum Gasteiger partial charge on any atom is -0.216 e. The van der Waals surface area contributed by atoms with E-state index in [0.29, 0.717) is 5.92 Å². The zero-order valence-electron chi connectivity index (χ0n) is 14.3. The number of nitrogens with zero attached hydrogens (tertiary/aromatic N) is 5. The highest BCUT2D eigenvalue weighted by Gasteiger charge is 2.30. The van der Waals surface area contributed by atoms with Crippen LogP contribution in [0.25, 0.3) is 16.5 Å². The molecule has 0 spiro atoms. The first kappa shape index (κ1) is 15.5. The molecule has 128 valence electrons. The lowest BCUT2D eigenvalue weighted by Gasteiger charge is -2.04. The van der Waals surface area contributed by atoms with Gasteiger partial charge in [0.2, 0.25) is 5.16 Å². The molecule has 2 heterocycles. The number of hydrogen-bond acceptors (Lipinski definition) is 5. The SMILES string of the molecule is Cc1nnc(Sc2nc(C3CC3)n(-c3ccccc3)n2)c2ccccc12. The van der Waals surface area contributed by atoms with E-state index in [0.717, 1.165) is 38.2 Å². The van der Waals surface area contributed by atoms with Gasteiger partial charge in [0.15, 0.2) is 0 Å². The summed E-state index contributed by atoms with van der Waals surface area (Å²) in [6.45, 7) is 1.98.